The molecular weight excluding hydrogens is 349 g/mol. The Kier molecular flexibility index (Phi) is 17.3. The summed E-state index contributed by atoms with van der Waals surface area (Å²) in [4.78, 5) is 22.8. The molecule has 2 unspecified atom stereocenters. The third-order valence-electron chi connectivity index (χ3n) is 4.83. The quantitative estimate of drug-likeness (QED) is 0.258. The second kappa shape index (κ2) is 17.7. The smallest absolute Gasteiger partial charge is 0.329 e. The van der Waals surface area contributed by atoms with E-state index >= 15 is 0 Å². The molecule has 0 aliphatic heterocycles. The van der Waals surface area contributed by atoms with Crippen molar-refractivity contribution < 1.29 is 19.8 Å². The Morgan fingerprint density at radius 2 is 1.19 bits per heavy atom. The van der Waals surface area contributed by atoms with Crippen molar-refractivity contribution in [1.82, 2.24) is 4.67 Å². The summed E-state index contributed by atoms with van der Waals surface area (Å²) in [5.41, 5.74) is 0. The van der Waals surface area contributed by atoms with Gasteiger partial charge in [0.2, 0.25) is 5.91 Å². The molecule has 0 saturated carbocycles. The molecule has 154 valence electrons. The number of nitrogens with zero attached hydrogens (tertiary/aromatic N) is 1. The minimum Gasteiger partial charge on any atom is -0.480 e. The van der Waals surface area contributed by atoms with Gasteiger partial charge in [-0.2, -0.15) is 0 Å². The maximum atomic E-state index is 11.9. The largest absolute Gasteiger partial charge is 0.480 e. The molecule has 2 atom stereocenters. The van der Waals surface area contributed by atoms with Crippen LogP contribution < -0.4 is 0 Å². The first-order chi connectivity index (χ1) is 12.5. The minimum absolute atomic E-state index is 0.240. The van der Waals surface area contributed by atoms with Crippen molar-refractivity contribution in [3.63, 3.8) is 0 Å². The van der Waals surface area contributed by atoms with Crippen LogP contribution in [0.4, 0.5) is 0 Å². The Morgan fingerprint density at radius 1 is 0.808 bits per heavy atom. The molecule has 0 bridgehead atoms. The van der Waals surface area contributed by atoms with Crippen LogP contribution in [0.2, 0.25) is 0 Å². The van der Waals surface area contributed by atoms with Crippen LogP contribution in [0.3, 0.4) is 0 Å². The summed E-state index contributed by atoms with van der Waals surface area (Å²) in [7, 11) is 2.12. The Hall–Kier alpha value is -0.670. The van der Waals surface area contributed by atoms with E-state index in [1.54, 1.807) is 0 Å². The normalized spacial score (nSPS) is 12.1. The van der Waals surface area contributed by atoms with E-state index in [4.69, 9.17) is 10.2 Å². The Bertz CT molecular complexity index is 366. The molecule has 0 aromatic heterocycles. The predicted octanol–water partition coefficient (Wildman–Crippen LogP) is 4.92. The molecule has 0 radical (unpaired) electrons. The molecule has 0 aromatic rings. The van der Waals surface area contributed by atoms with Gasteiger partial charge in [-0.1, -0.05) is 90.4 Å². The molecule has 0 fully saturated rings. The number of rotatable bonds is 18. The number of hydrogen-bond donors (Lipinski definition) is 2. The maximum Gasteiger partial charge on any atom is 0.329 e. The van der Waals surface area contributed by atoms with Crippen LogP contribution >= 0.6 is 9.39 Å². The molecule has 0 spiro atoms. The number of carboxylic acids is 1. The number of amides is 1. The minimum atomic E-state index is -1.18. The average molecular weight is 390 g/mol. The molecule has 0 aliphatic carbocycles. The third-order valence-corrected chi connectivity index (χ3v) is 5.47. The van der Waals surface area contributed by atoms with Crippen molar-refractivity contribution >= 4 is 21.3 Å². The van der Waals surface area contributed by atoms with Gasteiger partial charge >= 0.3 is 5.97 Å². The van der Waals surface area contributed by atoms with Gasteiger partial charge in [0.1, 0.15) is 0 Å². The van der Waals surface area contributed by atoms with E-state index in [0.717, 1.165) is 23.9 Å². The van der Waals surface area contributed by atoms with Gasteiger partial charge in [0.15, 0.2) is 6.04 Å². The van der Waals surface area contributed by atoms with Crippen LogP contribution in [0, 0.1) is 0 Å². The average Bonchev–Trinajstić information content (AvgIpc) is 2.62. The molecule has 0 rings (SSSR count). The van der Waals surface area contributed by atoms with Gasteiger partial charge in [0.25, 0.3) is 0 Å². The van der Waals surface area contributed by atoms with E-state index < -0.39 is 18.6 Å². The number of aliphatic carboxylic acids is 1. The summed E-state index contributed by atoms with van der Waals surface area (Å²) in [6.07, 6.45) is 18.0. The lowest BCUT2D eigenvalue weighted by molar-refractivity contribution is -0.147. The summed E-state index contributed by atoms with van der Waals surface area (Å²) in [6.45, 7) is 1.69. The molecule has 1 amide bonds. The Labute approximate surface area is 162 Å². The van der Waals surface area contributed by atoms with E-state index in [2.05, 4.69) is 16.3 Å². The summed E-state index contributed by atoms with van der Waals surface area (Å²) < 4.78 is 1.06. The number of carbonyl (C=O) groups is 2. The van der Waals surface area contributed by atoms with Crippen molar-refractivity contribution in [3.8, 4) is 0 Å². The number of aliphatic hydroxyl groups excluding tert-OH is 1. The van der Waals surface area contributed by atoms with E-state index in [1.165, 1.54) is 70.6 Å². The molecular formula is C20H40NO4P. The van der Waals surface area contributed by atoms with Crippen LogP contribution in [0.25, 0.3) is 0 Å². The van der Waals surface area contributed by atoms with Crippen LogP contribution in [0.5, 0.6) is 0 Å². The van der Waals surface area contributed by atoms with Gasteiger partial charge < -0.3 is 14.9 Å². The van der Waals surface area contributed by atoms with Gasteiger partial charge in [-0.15, -0.1) is 0 Å². The first kappa shape index (κ1) is 25.3. The molecule has 6 heteroatoms. The fourth-order valence-electron chi connectivity index (χ4n) is 3.06. The van der Waals surface area contributed by atoms with Crippen LogP contribution in [-0.4, -0.2) is 39.4 Å². The zero-order valence-corrected chi connectivity index (χ0v) is 17.8. The maximum absolute atomic E-state index is 11.9. The first-order valence-electron chi connectivity index (χ1n) is 10.4. The van der Waals surface area contributed by atoms with Crippen molar-refractivity contribution in [2.75, 3.05) is 6.61 Å². The second-order valence-electron chi connectivity index (χ2n) is 7.18. The lowest BCUT2D eigenvalue weighted by Crippen LogP contribution is -2.41. The van der Waals surface area contributed by atoms with E-state index in [0.29, 0.717) is 6.42 Å². The van der Waals surface area contributed by atoms with E-state index in [-0.39, 0.29) is 5.91 Å². The van der Waals surface area contributed by atoms with Crippen LogP contribution in [0.15, 0.2) is 0 Å². The van der Waals surface area contributed by atoms with Crippen LogP contribution in [0.1, 0.15) is 103 Å². The number of aliphatic hydroxyl groups is 1. The zero-order valence-electron chi connectivity index (χ0n) is 16.6. The monoisotopic (exact) mass is 389 g/mol. The van der Waals surface area contributed by atoms with Crippen LogP contribution in [-0.2, 0) is 9.59 Å². The zero-order chi connectivity index (χ0) is 19.6. The highest BCUT2D eigenvalue weighted by atomic mass is 31.0. The highest BCUT2D eigenvalue weighted by Gasteiger charge is 2.25. The van der Waals surface area contributed by atoms with Crippen molar-refractivity contribution in [1.29, 1.82) is 0 Å². The molecule has 0 aromatic carbocycles. The van der Waals surface area contributed by atoms with Crippen molar-refractivity contribution in [3.05, 3.63) is 0 Å². The summed E-state index contributed by atoms with van der Waals surface area (Å²) in [6, 6.07) is -1.17. The molecule has 0 heterocycles. The third kappa shape index (κ3) is 13.5. The molecule has 26 heavy (non-hydrogen) atoms. The topological polar surface area (TPSA) is 77.8 Å². The number of carboxylic acid groups (broad SMARTS) is 1. The lowest BCUT2D eigenvalue weighted by atomic mass is 10.0. The lowest BCUT2D eigenvalue weighted by Gasteiger charge is -2.22. The molecule has 2 N–H and O–H groups in total. The fourth-order valence-corrected chi connectivity index (χ4v) is 3.41. The summed E-state index contributed by atoms with van der Waals surface area (Å²) in [5, 5.41) is 17.9. The summed E-state index contributed by atoms with van der Waals surface area (Å²) in [5.74, 6) is -1.42. The predicted molar refractivity (Wildman–Crippen MR) is 110 cm³/mol. The first-order valence-corrected chi connectivity index (χ1v) is 11.0. The van der Waals surface area contributed by atoms with Gasteiger partial charge in [-0.25, -0.2) is 4.79 Å². The van der Waals surface area contributed by atoms with Gasteiger partial charge in [0.05, 0.1) is 6.61 Å². The van der Waals surface area contributed by atoms with Gasteiger partial charge in [-0.05, 0) is 15.8 Å². The fraction of sp³-hybridized carbons (Fsp3) is 0.900. The molecule has 0 saturated heterocycles. The van der Waals surface area contributed by atoms with Crippen molar-refractivity contribution in [2.45, 2.75) is 109 Å². The Balaban J connectivity index is 3.43. The van der Waals surface area contributed by atoms with Gasteiger partial charge in [-0.3, -0.25) is 4.79 Å². The number of hydrogen-bond acceptors (Lipinski definition) is 3. The second-order valence-corrected chi connectivity index (χ2v) is 7.74. The molecule has 5 nitrogen and oxygen atoms in total. The Morgan fingerprint density at radius 3 is 1.54 bits per heavy atom. The van der Waals surface area contributed by atoms with Gasteiger partial charge in [0, 0.05) is 6.42 Å². The highest BCUT2D eigenvalue weighted by molar-refractivity contribution is 7.14. The SMILES string of the molecule is CCCCCCCCCCCCCCCCC(=O)N(P)C(CO)C(=O)O. The van der Waals surface area contributed by atoms with E-state index in [9.17, 15) is 9.59 Å². The highest BCUT2D eigenvalue weighted by Crippen LogP contribution is 2.15. The summed E-state index contributed by atoms with van der Waals surface area (Å²) >= 11 is 0. The van der Waals surface area contributed by atoms with Crippen molar-refractivity contribution in [2.24, 2.45) is 0 Å². The standard InChI is InChI=1S/C20H40NO4P/c1-2-3-4-5-6-7-8-9-10-11-12-13-14-15-16-19(23)21(26)18(17-22)20(24)25/h18,22H,2-17,26H2,1H3,(H,24,25). The number of carbonyl (C=O) groups excluding carboxylic acids is 1. The van der Waals surface area contributed by atoms with E-state index in [1.807, 2.05) is 0 Å². The number of unbranched alkanes of at least 4 members (excludes halogenated alkanes) is 13. The molecule has 0 aliphatic rings.